The molecule has 0 aliphatic rings. The third kappa shape index (κ3) is 4.38. The van der Waals surface area contributed by atoms with E-state index in [1.807, 2.05) is 29.9 Å². The highest BCUT2D eigenvalue weighted by molar-refractivity contribution is 5.06. The van der Waals surface area contributed by atoms with Crippen molar-refractivity contribution in [3.8, 4) is 0 Å². The summed E-state index contributed by atoms with van der Waals surface area (Å²) in [6.45, 7) is 1.10. The van der Waals surface area contributed by atoms with Gasteiger partial charge in [-0.25, -0.2) is 0 Å². The number of alkyl halides is 3. The Morgan fingerprint density at radius 2 is 2.13 bits per heavy atom. The molecule has 0 aliphatic carbocycles. The fraction of sp³-hybridized carbons (Fsp3) is 0.600. The summed E-state index contributed by atoms with van der Waals surface area (Å²) in [5, 5.41) is 2.97. The van der Waals surface area contributed by atoms with Crippen LogP contribution in [0.3, 0.4) is 0 Å². The number of halogens is 3. The molecule has 0 unspecified atom stereocenters. The lowest BCUT2D eigenvalue weighted by molar-refractivity contribution is -0.135. The molecule has 0 saturated heterocycles. The Kier molecular flexibility index (Phi) is 4.20. The number of nitrogens with zero attached hydrogens (tertiary/aromatic N) is 1. The van der Waals surface area contributed by atoms with Crippen molar-refractivity contribution in [1.82, 2.24) is 9.88 Å². The van der Waals surface area contributed by atoms with E-state index in [0.717, 1.165) is 5.69 Å². The average Bonchev–Trinajstić information content (AvgIpc) is 2.51. The molecule has 86 valence electrons. The molecule has 2 nitrogen and oxygen atoms in total. The Morgan fingerprint density at radius 1 is 1.40 bits per heavy atom. The van der Waals surface area contributed by atoms with Crippen molar-refractivity contribution in [2.24, 2.45) is 0 Å². The van der Waals surface area contributed by atoms with E-state index >= 15 is 0 Å². The molecule has 0 fully saturated rings. The monoisotopic (exact) mass is 220 g/mol. The summed E-state index contributed by atoms with van der Waals surface area (Å²) in [6, 6.07) is 3.75. The molecule has 0 bridgehead atoms. The Hall–Kier alpha value is -0.970. The zero-order valence-electron chi connectivity index (χ0n) is 8.64. The van der Waals surface area contributed by atoms with E-state index in [9.17, 15) is 13.2 Å². The SMILES string of the molecule is CNCc1cccn1CCCC(F)(F)F. The zero-order chi connectivity index (χ0) is 11.3. The van der Waals surface area contributed by atoms with Crippen LogP contribution in [0.1, 0.15) is 18.5 Å². The van der Waals surface area contributed by atoms with Crippen LogP contribution in [0.4, 0.5) is 13.2 Å². The molecule has 0 aromatic carbocycles. The van der Waals surface area contributed by atoms with Crippen molar-refractivity contribution in [2.75, 3.05) is 7.05 Å². The van der Waals surface area contributed by atoms with E-state index in [1.165, 1.54) is 0 Å². The first kappa shape index (κ1) is 12.1. The van der Waals surface area contributed by atoms with Crippen molar-refractivity contribution in [3.63, 3.8) is 0 Å². The molecule has 0 spiro atoms. The number of rotatable bonds is 5. The highest BCUT2D eigenvalue weighted by Crippen LogP contribution is 2.21. The minimum Gasteiger partial charge on any atom is -0.350 e. The number of aryl methyl sites for hydroxylation is 1. The topological polar surface area (TPSA) is 17.0 Å². The Balaban J connectivity index is 2.40. The van der Waals surface area contributed by atoms with E-state index in [2.05, 4.69) is 5.32 Å². The lowest BCUT2D eigenvalue weighted by Crippen LogP contribution is -2.13. The number of hydrogen-bond acceptors (Lipinski definition) is 1. The quantitative estimate of drug-likeness (QED) is 0.807. The number of hydrogen-bond donors (Lipinski definition) is 1. The Bertz CT molecular complexity index is 291. The third-order valence-electron chi connectivity index (χ3n) is 2.14. The maximum absolute atomic E-state index is 11.9. The molecule has 0 aliphatic heterocycles. The maximum atomic E-state index is 11.9. The van der Waals surface area contributed by atoms with E-state index in [1.54, 1.807) is 0 Å². The van der Waals surface area contributed by atoms with Gasteiger partial charge in [-0.1, -0.05) is 0 Å². The lowest BCUT2D eigenvalue weighted by atomic mass is 10.3. The highest BCUT2D eigenvalue weighted by atomic mass is 19.4. The first-order valence-electron chi connectivity index (χ1n) is 4.88. The molecule has 1 N–H and O–H groups in total. The molecule has 15 heavy (non-hydrogen) atoms. The molecule has 1 aromatic rings. The number of aromatic nitrogens is 1. The van der Waals surface area contributed by atoms with Crippen LogP contribution in [0, 0.1) is 0 Å². The molecule has 0 radical (unpaired) electrons. The summed E-state index contributed by atoms with van der Waals surface area (Å²) >= 11 is 0. The maximum Gasteiger partial charge on any atom is 0.389 e. The minimum absolute atomic E-state index is 0.134. The van der Waals surface area contributed by atoms with Gasteiger partial charge in [0.15, 0.2) is 0 Å². The Labute approximate surface area is 87.1 Å². The molecule has 1 rings (SSSR count). The fourth-order valence-corrected chi connectivity index (χ4v) is 1.46. The van der Waals surface area contributed by atoms with Crippen molar-refractivity contribution in [1.29, 1.82) is 0 Å². The largest absolute Gasteiger partial charge is 0.389 e. The summed E-state index contributed by atoms with van der Waals surface area (Å²) in [7, 11) is 1.81. The van der Waals surface area contributed by atoms with Crippen LogP contribution in [0.5, 0.6) is 0 Å². The van der Waals surface area contributed by atoms with Crippen molar-refractivity contribution < 1.29 is 13.2 Å². The van der Waals surface area contributed by atoms with Crippen LogP contribution >= 0.6 is 0 Å². The molecule has 5 heteroatoms. The first-order valence-corrected chi connectivity index (χ1v) is 4.88. The fourth-order valence-electron chi connectivity index (χ4n) is 1.46. The summed E-state index contributed by atoms with van der Waals surface area (Å²) in [4.78, 5) is 0. The highest BCUT2D eigenvalue weighted by Gasteiger charge is 2.25. The summed E-state index contributed by atoms with van der Waals surface area (Å²) < 4.78 is 37.6. The van der Waals surface area contributed by atoms with Crippen LogP contribution in [-0.2, 0) is 13.1 Å². The van der Waals surface area contributed by atoms with Gasteiger partial charge in [-0.2, -0.15) is 13.2 Å². The summed E-state index contributed by atoms with van der Waals surface area (Å²) in [5.41, 5.74) is 1.01. The van der Waals surface area contributed by atoms with Gasteiger partial charge in [0.25, 0.3) is 0 Å². The molecule has 0 saturated carbocycles. The van der Waals surface area contributed by atoms with Crippen LogP contribution in [0.15, 0.2) is 18.3 Å². The summed E-state index contributed by atoms with van der Waals surface area (Å²) in [5.74, 6) is 0. The Morgan fingerprint density at radius 3 is 2.73 bits per heavy atom. The molecule has 1 aromatic heterocycles. The number of nitrogens with one attached hydrogen (secondary N) is 1. The zero-order valence-corrected chi connectivity index (χ0v) is 8.64. The van der Waals surface area contributed by atoms with Gasteiger partial charge in [-0.05, 0) is 25.6 Å². The van der Waals surface area contributed by atoms with Gasteiger partial charge in [0.05, 0.1) is 0 Å². The van der Waals surface area contributed by atoms with Gasteiger partial charge < -0.3 is 9.88 Å². The predicted octanol–water partition coefficient (Wildman–Crippen LogP) is 2.55. The minimum atomic E-state index is -4.05. The lowest BCUT2D eigenvalue weighted by Gasteiger charge is -2.10. The normalized spacial score (nSPS) is 12.0. The molecule has 1 heterocycles. The van der Waals surface area contributed by atoms with Crippen LogP contribution < -0.4 is 5.32 Å². The van der Waals surface area contributed by atoms with E-state index in [0.29, 0.717) is 13.1 Å². The molecular weight excluding hydrogens is 205 g/mol. The molecular formula is C10H15F3N2. The second-order valence-electron chi connectivity index (χ2n) is 3.44. The van der Waals surface area contributed by atoms with Crippen molar-refractivity contribution in [2.45, 2.75) is 32.1 Å². The van der Waals surface area contributed by atoms with E-state index in [-0.39, 0.29) is 6.42 Å². The van der Waals surface area contributed by atoms with Crippen molar-refractivity contribution in [3.05, 3.63) is 24.0 Å². The summed E-state index contributed by atoms with van der Waals surface area (Å²) in [6.07, 6.45) is -2.82. The van der Waals surface area contributed by atoms with E-state index in [4.69, 9.17) is 0 Å². The second kappa shape index (κ2) is 5.21. The van der Waals surface area contributed by atoms with Gasteiger partial charge in [-0.3, -0.25) is 0 Å². The van der Waals surface area contributed by atoms with E-state index < -0.39 is 12.6 Å². The standard InChI is InChI=1S/C10H15F3N2/c1-14-8-9-4-2-6-15(9)7-3-5-10(11,12)13/h2,4,6,14H,3,5,7-8H2,1H3. The van der Waals surface area contributed by atoms with Crippen molar-refractivity contribution >= 4 is 0 Å². The van der Waals surface area contributed by atoms with Gasteiger partial charge in [0.2, 0.25) is 0 Å². The second-order valence-corrected chi connectivity index (χ2v) is 3.44. The van der Waals surface area contributed by atoms with Crippen LogP contribution in [0.25, 0.3) is 0 Å². The van der Waals surface area contributed by atoms with Gasteiger partial charge in [0, 0.05) is 31.4 Å². The van der Waals surface area contributed by atoms with Crippen LogP contribution in [-0.4, -0.2) is 17.8 Å². The third-order valence-corrected chi connectivity index (χ3v) is 2.14. The van der Waals surface area contributed by atoms with Gasteiger partial charge >= 0.3 is 6.18 Å². The van der Waals surface area contributed by atoms with Crippen LogP contribution in [0.2, 0.25) is 0 Å². The average molecular weight is 220 g/mol. The molecule has 0 amide bonds. The smallest absolute Gasteiger partial charge is 0.350 e. The predicted molar refractivity (Wildman–Crippen MR) is 52.5 cm³/mol. The molecule has 0 atom stereocenters. The van der Waals surface area contributed by atoms with Gasteiger partial charge in [-0.15, -0.1) is 0 Å². The van der Waals surface area contributed by atoms with Gasteiger partial charge in [0.1, 0.15) is 0 Å². The first-order chi connectivity index (χ1) is 7.03.